The van der Waals surface area contributed by atoms with Crippen LogP contribution in [0.3, 0.4) is 0 Å². The molecule has 25 heteroatoms. The maximum Gasteiger partial charge on any atom is 0.373 e. The van der Waals surface area contributed by atoms with Crippen LogP contribution >= 0.6 is 29.9 Å². The van der Waals surface area contributed by atoms with E-state index in [4.69, 9.17) is 46.5 Å². The van der Waals surface area contributed by atoms with Gasteiger partial charge in [-0.2, -0.15) is 0 Å². The molecule has 21 nitrogen and oxygen atoms in total. The van der Waals surface area contributed by atoms with Crippen LogP contribution < -0.4 is 28.7 Å². The fraction of sp³-hybridized carbons (Fsp3) is 0.367. The van der Waals surface area contributed by atoms with Crippen LogP contribution in [0.1, 0.15) is 227 Å². The third-order valence-corrected chi connectivity index (χ3v) is 27.1. The quantitative estimate of drug-likeness (QED) is 0.0126. The molecule has 1 fully saturated rings. The number of phenols is 4. The normalized spacial score (nSPS) is 15.1. The molecule has 4 N–H and O–H groups in total. The molecule has 718 valence electrons. The highest BCUT2D eigenvalue weighted by atomic mass is 31.2. The highest BCUT2D eigenvalue weighted by Gasteiger charge is 2.36. The van der Waals surface area contributed by atoms with E-state index in [2.05, 4.69) is 78.5 Å². The average molecular weight is 1900 g/mol. The fourth-order valence-corrected chi connectivity index (χ4v) is 18.4. The zero-order chi connectivity index (χ0) is 98.4. The number of carbonyl (C=O) groups excluding carboxylic acids is 1. The van der Waals surface area contributed by atoms with E-state index >= 15 is 0 Å². The Bertz CT molecular complexity index is 5930. The second kappa shape index (κ2) is 47.8. The van der Waals surface area contributed by atoms with E-state index in [0.717, 1.165) is 136 Å². The van der Waals surface area contributed by atoms with Crippen molar-refractivity contribution in [3.63, 3.8) is 0 Å². The maximum atomic E-state index is 13.6. The number of aryl methyl sites for hydroxylation is 9. The smallest absolute Gasteiger partial charge is 0.373 e. The second-order valence-electron chi connectivity index (χ2n) is 37.7. The lowest BCUT2D eigenvalue weighted by atomic mass is 9.93. The topological polar surface area (TPSA) is 305 Å². The Morgan fingerprint density at radius 1 is 0.433 bits per heavy atom. The van der Waals surface area contributed by atoms with Crippen LogP contribution in [0.15, 0.2) is 219 Å². The highest BCUT2D eigenvalue weighted by Crippen LogP contribution is 2.56. The lowest BCUT2D eigenvalue weighted by molar-refractivity contribution is -0.177. The summed E-state index contributed by atoms with van der Waals surface area (Å²) in [5.74, 6) is 3.99. The molecule has 12 rings (SSSR count). The summed E-state index contributed by atoms with van der Waals surface area (Å²) in [5.41, 5.74) is 24.6. The van der Waals surface area contributed by atoms with Gasteiger partial charge in [-0.15, -0.1) is 0 Å². The molecule has 1 aliphatic rings. The van der Waals surface area contributed by atoms with Crippen molar-refractivity contribution in [3.8, 4) is 46.0 Å². The Morgan fingerprint density at radius 2 is 0.784 bits per heavy atom. The van der Waals surface area contributed by atoms with Crippen molar-refractivity contribution in [1.29, 1.82) is 0 Å². The molecular weight excluding hydrogens is 1770 g/mol. The van der Waals surface area contributed by atoms with Gasteiger partial charge in [0.1, 0.15) is 58.7 Å². The molecule has 5 atom stereocenters. The van der Waals surface area contributed by atoms with Gasteiger partial charge < -0.3 is 72.3 Å². The lowest BCUT2D eigenvalue weighted by Crippen LogP contribution is -2.24. The number of benzene rings is 11. The molecule has 0 radical (unpaired) electrons. The number of allylic oxidation sites excluding steroid dienone is 1. The van der Waals surface area contributed by atoms with Crippen LogP contribution in [0.4, 0.5) is 0 Å². The van der Waals surface area contributed by atoms with Gasteiger partial charge in [-0.05, 0) is 335 Å². The summed E-state index contributed by atoms with van der Waals surface area (Å²) < 4.78 is 105. The third kappa shape index (κ3) is 33.5. The van der Waals surface area contributed by atoms with Crippen molar-refractivity contribution >= 4 is 35.9 Å². The minimum absolute atomic E-state index is 0.122. The molecule has 1 heterocycles. The van der Waals surface area contributed by atoms with Gasteiger partial charge in [0.15, 0.2) is 19.5 Å². The summed E-state index contributed by atoms with van der Waals surface area (Å²) in [6.45, 7) is 43.0. The van der Waals surface area contributed by atoms with Crippen molar-refractivity contribution in [2.24, 2.45) is 10.8 Å². The highest BCUT2D eigenvalue weighted by molar-refractivity contribution is 7.55. The van der Waals surface area contributed by atoms with E-state index in [1.165, 1.54) is 30.0 Å². The first-order valence-corrected chi connectivity index (χ1v) is 53.0. The molecule has 134 heavy (non-hydrogen) atoms. The first-order valence-electron chi connectivity index (χ1n) is 45.0. The molecule has 0 aliphatic carbocycles. The third-order valence-electron chi connectivity index (χ3n) is 22.8. The largest absolute Gasteiger partial charge is 0.797 e. The summed E-state index contributed by atoms with van der Waals surface area (Å²) in [6.07, 6.45) is 3.50. The van der Waals surface area contributed by atoms with E-state index < -0.39 is 54.5 Å². The minimum atomic E-state index is -3.93. The van der Waals surface area contributed by atoms with Crippen molar-refractivity contribution in [3.05, 3.63) is 352 Å². The van der Waals surface area contributed by atoms with E-state index in [1.54, 1.807) is 45.0 Å². The summed E-state index contributed by atoms with van der Waals surface area (Å²) in [7, 11) is -14.2. The lowest BCUT2D eigenvalue weighted by Gasteiger charge is -2.30. The Balaban J connectivity index is 0.000000205. The van der Waals surface area contributed by atoms with Gasteiger partial charge in [-0.25, -0.2) is 0 Å². The van der Waals surface area contributed by atoms with Gasteiger partial charge >= 0.3 is 21.2 Å². The van der Waals surface area contributed by atoms with Gasteiger partial charge in [-0.3, -0.25) is 27.5 Å². The van der Waals surface area contributed by atoms with Crippen LogP contribution in [0.25, 0.3) is 0 Å². The summed E-state index contributed by atoms with van der Waals surface area (Å²) in [6, 6.07) is 66.4. The number of rotatable bonds is 34. The standard InChI is InChI=1S/C36H47O8P.C29H35O5P.C24H27O4P.C20H27O4P/c1-25-17-31(18-26(2)32(25)21-29-15-16-33(37)30(20-29)19-28-13-11-10-12-14-28)42-24-45(39,43-22-40-27(3)35(4,5)6)44-23-41-34(38)36(7,8)9;1-19(2)26-16-23(9-10-28(26)30)17-27-21(4)14-25(15-22(27)5)32-18-35(31)33-12-11-29(34-35)24-8-6-7-20(3)13-24;1-17-11-22(28-16-29(3,26)27)12-18(2)23(17)15-20-9-10-24(25)21(14-20)13-19-7-5-4-6-8-19;1-13(2)18-10-16(6-7-20(18)21)11-19-14(3)8-17(9-15(19)4)24-12-25(5,22)23/h10-18,20,37H,3,19,21-24H2,1-2,4-9H3;6-10,13-16,19,29-30H,11-12,17-18H2,1-5H3;4-12,14,25H,13,15-16H2,1-3H3,(H,26,27);6-10,13,21H,11-12H2,1-5H3,(H,22,23)/p-2/t;29-,35?;;/m.0../s1. The number of carbonyl (C=O) groups is 1. The molecule has 0 amide bonds. The molecule has 4 unspecified atom stereocenters. The number of hydrogen-bond donors (Lipinski definition) is 4. The van der Waals surface area contributed by atoms with Crippen molar-refractivity contribution in [2.45, 2.75) is 194 Å². The molecule has 11 aromatic carbocycles. The molecule has 0 aromatic heterocycles. The minimum Gasteiger partial charge on any atom is -0.797 e. The van der Waals surface area contributed by atoms with E-state index in [1.807, 2.05) is 221 Å². The Kier molecular flexibility index (Phi) is 38.2. The number of phenolic OH excluding ortho intramolecular Hbond substituents is 4. The monoisotopic (exact) mass is 1900 g/mol. The zero-order valence-electron chi connectivity index (χ0n) is 81.5. The van der Waals surface area contributed by atoms with Gasteiger partial charge in [0.2, 0.25) is 6.79 Å². The molecule has 11 aromatic rings. The predicted molar refractivity (Wildman–Crippen MR) is 531 cm³/mol. The van der Waals surface area contributed by atoms with Crippen molar-refractivity contribution in [1.82, 2.24) is 0 Å². The summed E-state index contributed by atoms with van der Waals surface area (Å²) in [4.78, 5) is 34.8. The average Bonchev–Trinajstić information content (AvgIpc) is 0.807. The van der Waals surface area contributed by atoms with Crippen LogP contribution in [0.5, 0.6) is 46.0 Å². The van der Waals surface area contributed by atoms with Crippen molar-refractivity contribution < 1.29 is 99.8 Å². The van der Waals surface area contributed by atoms with Crippen LogP contribution in [-0.2, 0) is 89.1 Å². The maximum absolute atomic E-state index is 13.6. The molecule has 0 bridgehead atoms. The Morgan fingerprint density at radius 3 is 1.13 bits per heavy atom. The van der Waals surface area contributed by atoms with Gasteiger partial charge in [0, 0.05) is 39.4 Å². The van der Waals surface area contributed by atoms with E-state index in [9.17, 15) is 53.3 Å². The van der Waals surface area contributed by atoms with Gasteiger partial charge in [0.05, 0.1) is 23.9 Å². The zero-order valence-corrected chi connectivity index (χ0v) is 85.1. The molecule has 0 saturated carbocycles. The fourth-order valence-electron chi connectivity index (χ4n) is 15.2. The number of hydrogen-bond acceptors (Lipinski definition) is 21. The van der Waals surface area contributed by atoms with E-state index in [-0.39, 0.29) is 54.9 Å². The van der Waals surface area contributed by atoms with Gasteiger partial charge in [-0.1, -0.05) is 194 Å². The Labute approximate surface area is 793 Å². The van der Waals surface area contributed by atoms with Crippen LogP contribution in [-0.4, -0.2) is 85.3 Å². The van der Waals surface area contributed by atoms with E-state index in [0.29, 0.717) is 78.3 Å². The molecule has 1 aliphatic heterocycles. The predicted octanol–water partition coefficient (Wildman–Crippen LogP) is 25.7. The number of ether oxygens (including phenoxy) is 6. The van der Waals surface area contributed by atoms with Gasteiger partial charge in [0.25, 0.3) is 0 Å². The first kappa shape index (κ1) is 107. The summed E-state index contributed by atoms with van der Waals surface area (Å²) >= 11 is 0. The second-order valence-corrected chi connectivity index (χ2v) is 46.2. The Hall–Kier alpha value is -10.5. The summed E-state index contributed by atoms with van der Waals surface area (Å²) in [5, 5.41) is 40.9. The molecule has 0 spiro atoms. The molecule has 1 saturated heterocycles. The SMILES string of the molecule is C=C(OCOP(=O)(COc1cc(C)c(Cc2ccc(O)c(Cc3ccccc3)c2)c(C)c1)OCOC(=O)C(C)(C)C)C(C)(C)C.Cc1cc(OCP(C)(=O)[O-])cc(C)c1Cc1ccc(O)c(C(C)C)c1.Cc1cc(OCP(C)(=O)[O-])cc(C)c1Cc1ccc(O)c(Cc2ccccc2)c1.Cc1cccc([C@@H]2CCOP(=O)(COc3cc(C)c(Cc4ccc(O)c(C(C)C)c4)c(C)c3)O2)c1. The molecular formula is C109H134O21P4-2. The number of aromatic hydroxyl groups is 4. The van der Waals surface area contributed by atoms with Crippen LogP contribution in [0.2, 0.25) is 0 Å². The van der Waals surface area contributed by atoms with Crippen molar-refractivity contribution in [2.75, 3.05) is 58.9 Å². The number of esters is 1. The first-order chi connectivity index (χ1) is 62.9. The van der Waals surface area contributed by atoms with Crippen LogP contribution in [0, 0.1) is 73.1 Å².